The molecule has 0 saturated carbocycles. The highest BCUT2D eigenvalue weighted by atomic mass is 16.6. The van der Waals surface area contributed by atoms with Crippen molar-refractivity contribution in [3.63, 3.8) is 0 Å². The van der Waals surface area contributed by atoms with Gasteiger partial charge in [0.2, 0.25) is 0 Å². The van der Waals surface area contributed by atoms with Crippen LogP contribution in [0.4, 0.5) is 11.4 Å². The zero-order chi connectivity index (χ0) is 14.5. The van der Waals surface area contributed by atoms with Gasteiger partial charge in [0.25, 0.3) is 5.69 Å². The summed E-state index contributed by atoms with van der Waals surface area (Å²) in [7, 11) is 0. The topological polar surface area (TPSA) is 91.8 Å². The second-order valence-electron chi connectivity index (χ2n) is 4.22. The molecular formula is C14H12N4O2. The van der Waals surface area contributed by atoms with Crippen molar-refractivity contribution in [1.82, 2.24) is 4.98 Å². The number of aromatic nitrogens is 1. The van der Waals surface area contributed by atoms with Crippen molar-refractivity contribution < 1.29 is 4.92 Å². The quantitative estimate of drug-likeness (QED) is 0.680. The predicted molar refractivity (Wildman–Crippen MR) is 74.1 cm³/mol. The summed E-state index contributed by atoms with van der Waals surface area (Å²) in [6, 6.07) is 9.94. The Bertz CT molecular complexity index is 692. The third kappa shape index (κ3) is 2.90. The first-order chi connectivity index (χ1) is 9.61. The van der Waals surface area contributed by atoms with Crippen LogP contribution in [0.5, 0.6) is 0 Å². The Balaban J connectivity index is 2.26. The van der Waals surface area contributed by atoms with Gasteiger partial charge in [0.05, 0.1) is 28.8 Å². The number of aryl methyl sites for hydroxylation is 1. The van der Waals surface area contributed by atoms with Gasteiger partial charge in [-0.05, 0) is 30.7 Å². The third-order valence-corrected chi connectivity index (χ3v) is 2.89. The molecule has 0 atom stereocenters. The van der Waals surface area contributed by atoms with E-state index in [0.29, 0.717) is 17.8 Å². The maximum Gasteiger partial charge on any atom is 0.292 e. The molecule has 0 fully saturated rings. The Morgan fingerprint density at radius 3 is 2.90 bits per heavy atom. The van der Waals surface area contributed by atoms with E-state index in [9.17, 15) is 10.1 Å². The molecule has 0 aliphatic rings. The van der Waals surface area contributed by atoms with Crippen molar-refractivity contribution in [2.24, 2.45) is 0 Å². The van der Waals surface area contributed by atoms with Gasteiger partial charge in [-0.2, -0.15) is 5.26 Å². The van der Waals surface area contributed by atoms with Gasteiger partial charge in [-0.1, -0.05) is 6.07 Å². The molecule has 6 heteroatoms. The van der Waals surface area contributed by atoms with E-state index in [2.05, 4.69) is 10.3 Å². The number of nitriles is 1. The van der Waals surface area contributed by atoms with E-state index in [-0.39, 0.29) is 5.69 Å². The van der Waals surface area contributed by atoms with Crippen LogP contribution >= 0.6 is 0 Å². The minimum atomic E-state index is -0.477. The number of nitrogens with one attached hydrogen (secondary N) is 1. The van der Waals surface area contributed by atoms with E-state index >= 15 is 0 Å². The van der Waals surface area contributed by atoms with Crippen molar-refractivity contribution in [2.45, 2.75) is 13.5 Å². The van der Waals surface area contributed by atoms with Crippen molar-refractivity contribution in [2.75, 3.05) is 5.32 Å². The molecule has 0 aliphatic heterocycles. The summed E-state index contributed by atoms with van der Waals surface area (Å²) in [6.07, 6.45) is 1.67. The summed E-state index contributed by atoms with van der Waals surface area (Å²) >= 11 is 0. The van der Waals surface area contributed by atoms with Crippen LogP contribution in [0, 0.1) is 28.4 Å². The molecule has 0 amide bonds. The Hall–Kier alpha value is -2.94. The number of nitro groups is 1. The molecule has 0 aliphatic carbocycles. The lowest BCUT2D eigenvalue weighted by Gasteiger charge is -2.08. The van der Waals surface area contributed by atoms with E-state index < -0.39 is 4.92 Å². The molecule has 20 heavy (non-hydrogen) atoms. The molecule has 0 spiro atoms. The van der Waals surface area contributed by atoms with Crippen molar-refractivity contribution in [3.05, 3.63) is 63.5 Å². The molecule has 6 nitrogen and oxygen atoms in total. The Morgan fingerprint density at radius 2 is 2.25 bits per heavy atom. The van der Waals surface area contributed by atoms with Crippen molar-refractivity contribution in [1.29, 1.82) is 5.26 Å². The van der Waals surface area contributed by atoms with Crippen LogP contribution in [0.3, 0.4) is 0 Å². The molecule has 100 valence electrons. The van der Waals surface area contributed by atoms with E-state index in [1.165, 1.54) is 18.2 Å². The molecule has 0 bridgehead atoms. The Morgan fingerprint density at radius 1 is 1.45 bits per heavy atom. The molecule has 0 radical (unpaired) electrons. The summed E-state index contributed by atoms with van der Waals surface area (Å²) in [5.41, 5.74) is 2.44. The van der Waals surface area contributed by atoms with Gasteiger partial charge in [0.15, 0.2) is 0 Å². The van der Waals surface area contributed by atoms with Gasteiger partial charge >= 0.3 is 0 Å². The SMILES string of the molecule is Cc1cccnc1CNc1cc(C#N)ccc1[N+](=O)[O-]. The highest BCUT2D eigenvalue weighted by molar-refractivity contribution is 5.64. The Kier molecular flexibility index (Phi) is 3.91. The molecular weight excluding hydrogens is 256 g/mol. The standard InChI is InChI=1S/C14H12N4O2/c1-10-3-2-6-16-13(10)9-17-12-7-11(8-15)4-5-14(12)18(19)20/h2-7,17H,9H2,1H3. The second kappa shape index (κ2) is 5.80. The third-order valence-electron chi connectivity index (χ3n) is 2.89. The maximum absolute atomic E-state index is 11.0. The summed E-state index contributed by atoms with van der Waals surface area (Å²) in [5.74, 6) is 0. The first-order valence-electron chi connectivity index (χ1n) is 5.94. The fourth-order valence-corrected chi connectivity index (χ4v) is 1.79. The van der Waals surface area contributed by atoms with E-state index in [1.54, 1.807) is 6.20 Å². The largest absolute Gasteiger partial charge is 0.374 e. The molecule has 2 rings (SSSR count). The van der Waals surface area contributed by atoms with E-state index in [4.69, 9.17) is 5.26 Å². The number of hydrogen-bond acceptors (Lipinski definition) is 5. The average Bonchev–Trinajstić information content (AvgIpc) is 2.46. The van der Waals surface area contributed by atoms with Crippen molar-refractivity contribution >= 4 is 11.4 Å². The van der Waals surface area contributed by atoms with Gasteiger partial charge in [-0.15, -0.1) is 0 Å². The zero-order valence-corrected chi connectivity index (χ0v) is 10.8. The lowest BCUT2D eigenvalue weighted by Crippen LogP contribution is -2.05. The average molecular weight is 268 g/mol. The number of nitrogens with zero attached hydrogens (tertiary/aromatic N) is 3. The molecule has 0 saturated heterocycles. The van der Waals surface area contributed by atoms with Gasteiger partial charge in [0.1, 0.15) is 5.69 Å². The highest BCUT2D eigenvalue weighted by Gasteiger charge is 2.14. The molecule has 1 aromatic heterocycles. The lowest BCUT2D eigenvalue weighted by atomic mass is 10.1. The number of benzene rings is 1. The monoisotopic (exact) mass is 268 g/mol. The summed E-state index contributed by atoms with van der Waals surface area (Å²) in [4.78, 5) is 14.7. The summed E-state index contributed by atoms with van der Waals surface area (Å²) in [6.45, 7) is 2.28. The highest BCUT2D eigenvalue weighted by Crippen LogP contribution is 2.25. The Labute approximate surface area is 115 Å². The fraction of sp³-hybridized carbons (Fsp3) is 0.143. The fourth-order valence-electron chi connectivity index (χ4n) is 1.79. The van der Waals surface area contributed by atoms with Gasteiger partial charge in [-0.3, -0.25) is 15.1 Å². The minimum absolute atomic E-state index is 0.0578. The number of nitro benzene ring substituents is 1. The predicted octanol–water partition coefficient (Wildman–Crippen LogP) is 2.78. The van der Waals surface area contributed by atoms with E-state index in [1.807, 2.05) is 25.1 Å². The summed E-state index contributed by atoms with van der Waals surface area (Å²) in [5, 5.41) is 22.8. The van der Waals surface area contributed by atoms with Crippen LogP contribution in [-0.4, -0.2) is 9.91 Å². The number of rotatable bonds is 4. The molecule has 1 aromatic carbocycles. The molecule has 1 heterocycles. The minimum Gasteiger partial charge on any atom is -0.374 e. The molecule has 0 unspecified atom stereocenters. The van der Waals surface area contributed by atoms with Crippen LogP contribution < -0.4 is 5.32 Å². The summed E-state index contributed by atoms with van der Waals surface area (Å²) < 4.78 is 0. The second-order valence-corrected chi connectivity index (χ2v) is 4.22. The molecule has 2 aromatic rings. The van der Waals surface area contributed by atoms with Gasteiger partial charge in [-0.25, -0.2) is 0 Å². The zero-order valence-electron chi connectivity index (χ0n) is 10.8. The maximum atomic E-state index is 11.0. The van der Waals surface area contributed by atoms with Crippen LogP contribution in [0.15, 0.2) is 36.5 Å². The smallest absolute Gasteiger partial charge is 0.292 e. The van der Waals surface area contributed by atoms with Crippen LogP contribution in [0.2, 0.25) is 0 Å². The van der Waals surface area contributed by atoms with Gasteiger partial charge < -0.3 is 5.32 Å². The van der Waals surface area contributed by atoms with Crippen LogP contribution in [0.25, 0.3) is 0 Å². The number of hydrogen-bond donors (Lipinski definition) is 1. The number of anilines is 1. The normalized spacial score (nSPS) is 9.80. The van der Waals surface area contributed by atoms with Crippen LogP contribution in [-0.2, 0) is 6.54 Å². The first kappa shape index (κ1) is 13.5. The molecule has 1 N–H and O–H groups in total. The number of pyridine rings is 1. The van der Waals surface area contributed by atoms with E-state index in [0.717, 1.165) is 11.3 Å². The van der Waals surface area contributed by atoms with Crippen LogP contribution in [0.1, 0.15) is 16.8 Å². The lowest BCUT2D eigenvalue weighted by molar-refractivity contribution is -0.384. The van der Waals surface area contributed by atoms with Gasteiger partial charge in [0, 0.05) is 12.3 Å². The first-order valence-corrected chi connectivity index (χ1v) is 5.94. The van der Waals surface area contributed by atoms with Crippen molar-refractivity contribution in [3.8, 4) is 6.07 Å².